The van der Waals surface area contributed by atoms with Gasteiger partial charge in [-0.15, -0.1) is 9.73 Å². The molecular weight excluding hydrogens is 361 g/mol. The molecule has 0 fully saturated rings. The van der Waals surface area contributed by atoms with E-state index in [9.17, 15) is 4.79 Å². The van der Waals surface area contributed by atoms with Gasteiger partial charge in [0.1, 0.15) is 5.02 Å². The molecule has 3 rings (SSSR count). The van der Waals surface area contributed by atoms with Crippen LogP contribution in [0.2, 0.25) is 10.0 Å². The van der Waals surface area contributed by atoms with Gasteiger partial charge in [0, 0.05) is 23.1 Å². The van der Waals surface area contributed by atoms with Gasteiger partial charge < -0.3 is 10.3 Å². The summed E-state index contributed by atoms with van der Waals surface area (Å²) in [7, 11) is 0. The number of fused-ring (bicyclic) bond motifs is 1. The van der Waals surface area contributed by atoms with Gasteiger partial charge in [0.25, 0.3) is 0 Å². The third kappa shape index (κ3) is 3.37. The number of carbonyl (C=O) groups excluding carboxylic acids is 1. The molecule has 0 spiro atoms. The lowest BCUT2D eigenvalue weighted by atomic mass is 9.92. The fourth-order valence-electron chi connectivity index (χ4n) is 2.43. The van der Waals surface area contributed by atoms with E-state index in [4.69, 9.17) is 23.2 Å². The number of amides is 1. The summed E-state index contributed by atoms with van der Waals surface area (Å²) < 4.78 is 1.48. The highest BCUT2D eigenvalue weighted by Gasteiger charge is 2.25. The molecule has 0 radical (unpaired) electrons. The van der Waals surface area contributed by atoms with Gasteiger partial charge in [0.2, 0.25) is 5.91 Å². The predicted octanol–water partition coefficient (Wildman–Crippen LogP) is 4.68. The molecular formula is C17H19Cl2N5O. The van der Waals surface area contributed by atoms with Gasteiger partial charge in [0.15, 0.2) is 11.5 Å². The molecule has 2 aromatic heterocycles. The molecule has 2 heterocycles. The monoisotopic (exact) mass is 379 g/mol. The molecule has 6 nitrogen and oxygen atoms in total. The predicted molar refractivity (Wildman–Crippen MR) is 100 cm³/mol. The lowest BCUT2D eigenvalue weighted by Crippen LogP contribution is -2.13. The van der Waals surface area contributed by atoms with Crippen molar-refractivity contribution in [1.82, 2.24) is 19.8 Å². The number of nitrogens with one attached hydrogen (secondary N) is 2. The first-order chi connectivity index (χ1) is 11.7. The summed E-state index contributed by atoms with van der Waals surface area (Å²) in [6, 6.07) is 5.24. The topological polar surface area (TPSA) is 75.1 Å². The van der Waals surface area contributed by atoms with E-state index in [0.717, 1.165) is 5.69 Å². The fraction of sp³-hybridized carbons (Fsp3) is 0.353. The van der Waals surface area contributed by atoms with Crippen molar-refractivity contribution in [1.29, 1.82) is 0 Å². The van der Waals surface area contributed by atoms with Gasteiger partial charge in [-0.25, -0.2) is 0 Å². The van der Waals surface area contributed by atoms with Gasteiger partial charge in [0.05, 0.1) is 10.7 Å². The number of benzene rings is 1. The molecule has 0 aliphatic carbocycles. The van der Waals surface area contributed by atoms with Crippen molar-refractivity contribution >= 4 is 40.4 Å². The zero-order valence-electron chi connectivity index (χ0n) is 14.4. The van der Waals surface area contributed by atoms with Crippen molar-refractivity contribution in [2.45, 2.75) is 39.5 Å². The van der Waals surface area contributed by atoms with Crippen molar-refractivity contribution in [3.8, 4) is 11.4 Å². The Hall–Kier alpha value is -2.05. The maximum Gasteiger partial charge on any atom is 0.224 e. The van der Waals surface area contributed by atoms with E-state index < -0.39 is 0 Å². The quantitative estimate of drug-likeness (QED) is 0.693. The number of halogens is 2. The zero-order chi connectivity index (χ0) is 18.4. The minimum atomic E-state index is -0.187. The highest BCUT2D eigenvalue weighted by molar-refractivity contribution is 6.34. The average Bonchev–Trinajstić information content (AvgIpc) is 3.08. The van der Waals surface area contributed by atoms with Crippen LogP contribution in [0.15, 0.2) is 18.2 Å². The minimum absolute atomic E-state index is 0.0691. The summed E-state index contributed by atoms with van der Waals surface area (Å²) in [6.45, 7) is 7.91. The number of H-pyrrole nitrogens is 1. The highest BCUT2D eigenvalue weighted by Crippen LogP contribution is 2.33. The number of hydrogen-bond donors (Lipinski definition) is 2. The van der Waals surface area contributed by atoms with Gasteiger partial charge >= 0.3 is 0 Å². The van der Waals surface area contributed by atoms with E-state index >= 15 is 0 Å². The minimum Gasteiger partial charge on any atom is -0.326 e. The Labute approximate surface area is 155 Å². The lowest BCUT2D eigenvalue weighted by molar-refractivity contribution is -0.115. The van der Waals surface area contributed by atoms with Crippen LogP contribution in [0, 0.1) is 0 Å². The summed E-state index contributed by atoms with van der Waals surface area (Å²) in [4.78, 5) is 14.8. The maximum atomic E-state index is 11.6. The van der Waals surface area contributed by atoms with E-state index in [2.05, 4.69) is 20.5 Å². The molecule has 1 amide bonds. The Morgan fingerprint density at radius 3 is 2.60 bits per heavy atom. The van der Waals surface area contributed by atoms with Gasteiger partial charge in [-0.1, -0.05) is 50.9 Å². The van der Waals surface area contributed by atoms with Crippen LogP contribution in [0.25, 0.3) is 17.0 Å². The van der Waals surface area contributed by atoms with Crippen LogP contribution in [-0.4, -0.2) is 25.7 Å². The van der Waals surface area contributed by atoms with Crippen molar-refractivity contribution in [2.24, 2.45) is 0 Å². The number of aromatic nitrogens is 4. The Morgan fingerprint density at radius 1 is 1.28 bits per heavy atom. The standard InChI is InChI=1S/C17H19Cl2N5O/c1-5-12(25)20-9-6-7-11(18)10(8-9)15-21-16-13(19)14(17(2,3)4)22-24(16)23-15/h6-8H,5H2,1-4H3,(H,20,25)(H,21,23). The molecule has 0 atom stereocenters. The molecule has 0 aliphatic rings. The maximum absolute atomic E-state index is 11.6. The second-order valence-electron chi connectivity index (χ2n) is 6.82. The van der Waals surface area contributed by atoms with Gasteiger partial charge in [-0.05, 0) is 18.2 Å². The summed E-state index contributed by atoms with van der Waals surface area (Å²) in [5.74, 6) is 0.461. The van der Waals surface area contributed by atoms with Gasteiger partial charge in [-0.2, -0.15) is 5.10 Å². The van der Waals surface area contributed by atoms with Crippen LogP contribution in [0.3, 0.4) is 0 Å². The van der Waals surface area contributed by atoms with Crippen molar-refractivity contribution in [2.75, 3.05) is 5.32 Å². The molecule has 3 aromatic rings. The Morgan fingerprint density at radius 2 is 2.00 bits per heavy atom. The van der Waals surface area contributed by atoms with Crippen molar-refractivity contribution in [3.05, 3.63) is 33.9 Å². The van der Waals surface area contributed by atoms with E-state index in [1.807, 2.05) is 20.8 Å². The first kappa shape index (κ1) is 17.8. The summed E-state index contributed by atoms with van der Waals surface area (Å²) in [5, 5.41) is 12.8. The largest absolute Gasteiger partial charge is 0.326 e. The molecule has 8 heteroatoms. The zero-order valence-corrected chi connectivity index (χ0v) is 16.0. The third-order valence-electron chi connectivity index (χ3n) is 3.78. The number of carbonyl (C=O) groups is 1. The van der Waals surface area contributed by atoms with E-state index in [0.29, 0.717) is 39.2 Å². The molecule has 132 valence electrons. The van der Waals surface area contributed by atoms with Crippen LogP contribution < -0.4 is 5.32 Å². The summed E-state index contributed by atoms with van der Waals surface area (Å²) in [6.07, 6.45) is 0.401. The normalized spacial score (nSPS) is 11.9. The summed E-state index contributed by atoms with van der Waals surface area (Å²) in [5.41, 5.74) is 2.51. The van der Waals surface area contributed by atoms with Gasteiger partial charge in [-0.3, -0.25) is 4.79 Å². The third-order valence-corrected chi connectivity index (χ3v) is 4.47. The number of hydrogen-bond acceptors (Lipinski definition) is 3. The van der Waals surface area contributed by atoms with Crippen molar-refractivity contribution < 1.29 is 4.79 Å². The second kappa shape index (κ2) is 6.35. The molecule has 0 aliphatic heterocycles. The van der Waals surface area contributed by atoms with Crippen LogP contribution in [-0.2, 0) is 10.2 Å². The van der Waals surface area contributed by atoms with Crippen LogP contribution in [0.4, 0.5) is 5.69 Å². The Kier molecular flexibility index (Phi) is 4.51. The molecule has 0 unspecified atom stereocenters. The first-order valence-electron chi connectivity index (χ1n) is 7.95. The smallest absolute Gasteiger partial charge is 0.224 e. The second-order valence-corrected chi connectivity index (χ2v) is 7.61. The van der Waals surface area contributed by atoms with Crippen molar-refractivity contribution in [3.63, 3.8) is 0 Å². The molecule has 25 heavy (non-hydrogen) atoms. The molecule has 0 saturated carbocycles. The number of anilines is 1. The SMILES string of the molecule is CCC(=O)Nc1ccc(Cl)c(-c2nn3nc(C(C)(C)C)c(Cl)c3[nH]2)c1. The number of aromatic amines is 1. The molecule has 1 aromatic carbocycles. The van der Waals surface area contributed by atoms with E-state index in [1.165, 1.54) is 4.63 Å². The Bertz CT molecular complexity index is 952. The first-order valence-corrected chi connectivity index (χ1v) is 8.71. The molecule has 2 N–H and O–H groups in total. The van der Waals surface area contributed by atoms with Crippen LogP contribution in [0.1, 0.15) is 39.8 Å². The fourth-order valence-corrected chi connectivity index (χ4v) is 3.08. The lowest BCUT2D eigenvalue weighted by Gasteiger charge is -2.14. The van der Waals surface area contributed by atoms with Crippen LogP contribution >= 0.6 is 23.2 Å². The highest BCUT2D eigenvalue weighted by atomic mass is 35.5. The van der Waals surface area contributed by atoms with E-state index in [1.54, 1.807) is 25.1 Å². The average molecular weight is 380 g/mol. The summed E-state index contributed by atoms with van der Waals surface area (Å²) >= 11 is 12.8. The van der Waals surface area contributed by atoms with Crippen LogP contribution in [0.5, 0.6) is 0 Å². The number of nitrogens with zero attached hydrogens (tertiary/aromatic N) is 3. The molecule has 0 bridgehead atoms. The molecule has 0 saturated heterocycles. The Balaban J connectivity index is 2.05. The van der Waals surface area contributed by atoms with E-state index in [-0.39, 0.29) is 11.3 Å². The number of rotatable bonds is 3.